The fraction of sp³-hybridized carbons (Fsp3) is 0.100. The quantitative estimate of drug-likeness (QED) is 0.408. The van der Waals surface area contributed by atoms with Crippen LogP contribution in [0, 0.1) is 6.92 Å². The molecule has 0 bridgehead atoms. The lowest BCUT2D eigenvalue weighted by Gasteiger charge is -1.97. The number of aryl methyl sites for hydroxylation is 1. The lowest BCUT2D eigenvalue weighted by Crippen LogP contribution is -2.14. The van der Waals surface area contributed by atoms with Gasteiger partial charge in [0.2, 0.25) is 0 Å². The number of hydrogen-bond acceptors (Lipinski definition) is 2. The number of carbonyl (C=O) groups is 1. The number of rotatable bonds is 2. The van der Waals surface area contributed by atoms with Crippen molar-refractivity contribution in [3.05, 3.63) is 41.5 Å². The molecule has 0 aliphatic heterocycles. The summed E-state index contributed by atoms with van der Waals surface area (Å²) in [6.07, 6.45) is 2.93. The van der Waals surface area contributed by atoms with Crippen molar-refractivity contribution in [2.75, 3.05) is 0 Å². The Balaban J connectivity index is 2.80. The molecule has 0 fully saturated rings. The fourth-order valence-corrected chi connectivity index (χ4v) is 0.977. The first-order chi connectivity index (χ1) is 6.24. The maximum Gasteiger partial charge on any atom is 0.267 e. The standard InChI is InChI=1S/C10H11NO2/c1-8-4-2-3-5-9(8)6-7-10(12)11-13/h2-7,13H,1H3,(H,11,12). The number of hydrogen-bond donors (Lipinski definition) is 2. The van der Waals surface area contributed by atoms with Gasteiger partial charge in [-0.05, 0) is 24.1 Å². The molecule has 0 unspecified atom stereocenters. The van der Waals surface area contributed by atoms with Crippen LogP contribution in [-0.2, 0) is 4.79 Å². The maximum atomic E-state index is 10.6. The lowest BCUT2D eigenvalue weighted by molar-refractivity contribution is -0.124. The Hall–Kier alpha value is -1.61. The molecule has 0 saturated carbocycles. The van der Waals surface area contributed by atoms with Gasteiger partial charge in [-0.3, -0.25) is 10.0 Å². The predicted molar refractivity (Wildman–Crippen MR) is 50.1 cm³/mol. The average Bonchev–Trinajstić information content (AvgIpc) is 2.16. The second-order valence-electron chi connectivity index (χ2n) is 2.67. The predicted octanol–water partition coefficient (Wildman–Crippen LogP) is 1.51. The number of amides is 1. The molecule has 3 nitrogen and oxygen atoms in total. The van der Waals surface area contributed by atoms with Crippen molar-refractivity contribution in [3.8, 4) is 0 Å². The highest BCUT2D eigenvalue weighted by Crippen LogP contribution is 2.08. The smallest absolute Gasteiger partial charge is 0.267 e. The molecule has 0 atom stereocenters. The van der Waals surface area contributed by atoms with E-state index in [1.807, 2.05) is 31.2 Å². The molecule has 0 saturated heterocycles. The Bertz CT molecular complexity index is 331. The normalized spacial score (nSPS) is 10.3. The van der Waals surface area contributed by atoms with E-state index >= 15 is 0 Å². The van der Waals surface area contributed by atoms with Crippen molar-refractivity contribution < 1.29 is 10.0 Å². The van der Waals surface area contributed by atoms with Crippen molar-refractivity contribution >= 4 is 12.0 Å². The van der Waals surface area contributed by atoms with Crippen LogP contribution < -0.4 is 5.48 Å². The van der Waals surface area contributed by atoms with E-state index in [1.165, 1.54) is 11.6 Å². The van der Waals surface area contributed by atoms with E-state index in [4.69, 9.17) is 5.21 Å². The van der Waals surface area contributed by atoms with Crippen molar-refractivity contribution in [1.29, 1.82) is 0 Å². The number of nitrogens with one attached hydrogen (secondary N) is 1. The SMILES string of the molecule is Cc1ccccc1C=CC(=O)NO. The fourth-order valence-electron chi connectivity index (χ4n) is 0.977. The van der Waals surface area contributed by atoms with E-state index in [0.717, 1.165) is 11.1 Å². The van der Waals surface area contributed by atoms with Gasteiger partial charge < -0.3 is 0 Å². The molecule has 1 aromatic carbocycles. The molecule has 0 radical (unpaired) electrons. The van der Waals surface area contributed by atoms with Gasteiger partial charge >= 0.3 is 0 Å². The molecule has 0 heterocycles. The summed E-state index contributed by atoms with van der Waals surface area (Å²) in [7, 11) is 0. The summed E-state index contributed by atoms with van der Waals surface area (Å²) < 4.78 is 0. The zero-order valence-electron chi connectivity index (χ0n) is 7.32. The van der Waals surface area contributed by atoms with E-state index in [-0.39, 0.29) is 0 Å². The summed E-state index contributed by atoms with van der Waals surface area (Å²) in [5, 5.41) is 8.23. The van der Waals surface area contributed by atoms with Gasteiger partial charge in [0.15, 0.2) is 0 Å². The maximum absolute atomic E-state index is 10.6. The molecule has 3 heteroatoms. The lowest BCUT2D eigenvalue weighted by atomic mass is 10.1. The van der Waals surface area contributed by atoms with Crippen LogP contribution in [0.5, 0.6) is 0 Å². The summed E-state index contributed by atoms with van der Waals surface area (Å²) in [5.74, 6) is -0.525. The summed E-state index contributed by atoms with van der Waals surface area (Å²) in [6, 6.07) is 7.68. The van der Waals surface area contributed by atoms with Gasteiger partial charge in [-0.1, -0.05) is 24.3 Å². The van der Waals surface area contributed by atoms with Gasteiger partial charge in [0, 0.05) is 6.08 Å². The third kappa shape index (κ3) is 2.72. The minimum atomic E-state index is -0.525. The highest BCUT2D eigenvalue weighted by atomic mass is 16.5. The van der Waals surface area contributed by atoms with Crippen LogP contribution >= 0.6 is 0 Å². The van der Waals surface area contributed by atoms with Gasteiger partial charge in [0.25, 0.3) is 5.91 Å². The van der Waals surface area contributed by atoms with Crippen LogP contribution in [0.25, 0.3) is 6.08 Å². The Morgan fingerprint density at radius 1 is 1.46 bits per heavy atom. The first kappa shape index (κ1) is 9.48. The van der Waals surface area contributed by atoms with Crippen LogP contribution in [0.2, 0.25) is 0 Å². The molecular weight excluding hydrogens is 166 g/mol. The van der Waals surface area contributed by atoms with Crippen molar-refractivity contribution in [3.63, 3.8) is 0 Å². The molecule has 1 aromatic rings. The third-order valence-corrected chi connectivity index (χ3v) is 1.71. The molecule has 1 rings (SSSR count). The second kappa shape index (κ2) is 4.42. The van der Waals surface area contributed by atoms with Gasteiger partial charge in [0.05, 0.1) is 0 Å². The highest BCUT2D eigenvalue weighted by Gasteiger charge is 1.93. The van der Waals surface area contributed by atoms with Gasteiger partial charge in [-0.2, -0.15) is 0 Å². The molecule has 0 aliphatic carbocycles. The van der Waals surface area contributed by atoms with Crippen LogP contribution in [0.3, 0.4) is 0 Å². The zero-order valence-corrected chi connectivity index (χ0v) is 7.32. The van der Waals surface area contributed by atoms with Gasteiger partial charge in [-0.15, -0.1) is 0 Å². The van der Waals surface area contributed by atoms with E-state index in [9.17, 15) is 4.79 Å². The summed E-state index contributed by atoms with van der Waals surface area (Å²) in [6.45, 7) is 1.95. The van der Waals surface area contributed by atoms with Crippen LogP contribution in [0.1, 0.15) is 11.1 Å². The molecule has 1 amide bonds. The number of hydroxylamine groups is 1. The first-order valence-electron chi connectivity index (χ1n) is 3.92. The van der Waals surface area contributed by atoms with Crippen LogP contribution in [0.4, 0.5) is 0 Å². The summed E-state index contributed by atoms with van der Waals surface area (Å²) in [4.78, 5) is 10.6. The minimum absolute atomic E-state index is 0.525. The highest BCUT2D eigenvalue weighted by molar-refractivity contribution is 5.90. The van der Waals surface area contributed by atoms with E-state index in [1.54, 1.807) is 6.08 Å². The molecule has 13 heavy (non-hydrogen) atoms. The largest absolute Gasteiger partial charge is 0.288 e. The summed E-state index contributed by atoms with van der Waals surface area (Å²) in [5.41, 5.74) is 3.58. The van der Waals surface area contributed by atoms with E-state index in [2.05, 4.69) is 0 Å². The Labute approximate surface area is 76.7 Å². The Morgan fingerprint density at radius 2 is 2.15 bits per heavy atom. The third-order valence-electron chi connectivity index (χ3n) is 1.71. The second-order valence-corrected chi connectivity index (χ2v) is 2.67. The van der Waals surface area contributed by atoms with Crippen molar-refractivity contribution in [2.45, 2.75) is 6.92 Å². The van der Waals surface area contributed by atoms with Crippen LogP contribution in [0.15, 0.2) is 30.3 Å². The number of carbonyl (C=O) groups excluding carboxylic acids is 1. The van der Waals surface area contributed by atoms with Gasteiger partial charge in [-0.25, -0.2) is 5.48 Å². The average molecular weight is 177 g/mol. The number of benzene rings is 1. The van der Waals surface area contributed by atoms with Crippen molar-refractivity contribution in [2.24, 2.45) is 0 Å². The monoisotopic (exact) mass is 177 g/mol. The molecule has 0 aliphatic rings. The molecule has 0 aromatic heterocycles. The first-order valence-corrected chi connectivity index (χ1v) is 3.92. The van der Waals surface area contributed by atoms with Gasteiger partial charge in [0.1, 0.15) is 0 Å². The minimum Gasteiger partial charge on any atom is -0.288 e. The molecular formula is C10H11NO2. The Kier molecular flexibility index (Phi) is 3.23. The van der Waals surface area contributed by atoms with Crippen molar-refractivity contribution in [1.82, 2.24) is 5.48 Å². The Morgan fingerprint density at radius 3 is 2.77 bits per heavy atom. The zero-order chi connectivity index (χ0) is 9.68. The van der Waals surface area contributed by atoms with Crippen LogP contribution in [-0.4, -0.2) is 11.1 Å². The topological polar surface area (TPSA) is 49.3 Å². The van der Waals surface area contributed by atoms with E-state index in [0.29, 0.717) is 0 Å². The summed E-state index contributed by atoms with van der Waals surface area (Å²) >= 11 is 0. The molecule has 0 spiro atoms. The van der Waals surface area contributed by atoms with E-state index < -0.39 is 5.91 Å². The molecule has 2 N–H and O–H groups in total. The molecule has 68 valence electrons.